The van der Waals surface area contributed by atoms with Crippen LogP contribution < -0.4 is 0 Å². The van der Waals surface area contributed by atoms with Crippen molar-refractivity contribution in [2.24, 2.45) is 0 Å². The lowest BCUT2D eigenvalue weighted by molar-refractivity contribution is 0.121. The van der Waals surface area contributed by atoms with E-state index >= 15 is 0 Å². The highest BCUT2D eigenvalue weighted by molar-refractivity contribution is 5.94. The summed E-state index contributed by atoms with van der Waals surface area (Å²) in [5, 5.41) is 13.3. The summed E-state index contributed by atoms with van der Waals surface area (Å²) < 4.78 is 14.3. The number of hydrogen-bond acceptors (Lipinski definition) is 1. The fourth-order valence-corrected chi connectivity index (χ4v) is 4.22. The maximum absolute atomic E-state index is 14.3. The van der Waals surface area contributed by atoms with Gasteiger partial charge in [-0.25, -0.2) is 4.39 Å². The van der Waals surface area contributed by atoms with Gasteiger partial charge >= 0.3 is 0 Å². The van der Waals surface area contributed by atoms with E-state index in [4.69, 9.17) is 0 Å². The minimum absolute atomic E-state index is 0.286. The van der Waals surface area contributed by atoms with Crippen molar-refractivity contribution >= 4 is 23.1 Å². The molecule has 5 aromatic rings. The Morgan fingerprint density at radius 2 is 1.22 bits per heavy atom. The van der Waals surface area contributed by atoms with Crippen LogP contribution >= 0.6 is 0 Å². The fourth-order valence-electron chi connectivity index (χ4n) is 4.22. The van der Waals surface area contributed by atoms with Gasteiger partial charge in [0.15, 0.2) is 5.60 Å². The largest absolute Gasteiger partial charge is 0.375 e. The Kier molecular flexibility index (Phi) is 5.18. The molecular formula is C29H22FNO. The molecule has 0 bridgehead atoms. The van der Waals surface area contributed by atoms with E-state index < -0.39 is 5.60 Å². The molecule has 0 radical (unpaired) electrons. The molecule has 156 valence electrons. The van der Waals surface area contributed by atoms with Crippen LogP contribution in [0.3, 0.4) is 0 Å². The molecule has 0 saturated heterocycles. The third-order valence-electron chi connectivity index (χ3n) is 5.83. The molecule has 1 heterocycles. The molecular weight excluding hydrogens is 397 g/mol. The first kappa shape index (κ1) is 20.0. The SMILES string of the molecule is OC(c1ccccc1)(c1ccccc1)c1[nH]c2ccccc2c1/C=C/c1ccccc1F. The summed E-state index contributed by atoms with van der Waals surface area (Å²) >= 11 is 0. The van der Waals surface area contributed by atoms with Crippen molar-refractivity contribution in [3.05, 3.63) is 143 Å². The van der Waals surface area contributed by atoms with Gasteiger partial charge < -0.3 is 10.1 Å². The second kappa shape index (κ2) is 8.29. The quantitative estimate of drug-likeness (QED) is 0.324. The lowest BCUT2D eigenvalue weighted by atomic mass is 9.81. The zero-order chi connectivity index (χ0) is 22.0. The Labute approximate surface area is 186 Å². The van der Waals surface area contributed by atoms with Crippen molar-refractivity contribution in [2.45, 2.75) is 5.60 Å². The smallest absolute Gasteiger partial charge is 0.155 e. The molecule has 0 aliphatic rings. The standard InChI is InChI=1S/C29H22FNO/c30-26-17-9-7-11-21(26)19-20-25-24-16-8-10-18-27(24)31-28(25)29(32,22-12-3-1-4-13-22)23-14-5-2-6-15-23/h1-20,31-32H/b20-19+. The maximum atomic E-state index is 14.3. The van der Waals surface area contributed by atoms with Crippen LogP contribution in [0.4, 0.5) is 4.39 Å². The topological polar surface area (TPSA) is 36.0 Å². The lowest BCUT2D eigenvalue weighted by Crippen LogP contribution is -2.30. The highest BCUT2D eigenvalue weighted by Crippen LogP contribution is 2.41. The van der Waals surface area contributed by atoms with Crippen LogP contribution in [-0.4, -0.2) is 10.1 Å². The number of halogens is 1. The predicted molar refractivity (Wildman–Crippen MR) is 129 cm³/mol. The third-order valence-corrected chi connectivity index (χ3v) is 5.83. The predicted octanol–water partition coefficient (Wildman–Crippen LogP) is 6.76. The van der Waals surface area contributed by atoms with Crippen molar-refractivity contribution in [1.29, 1.82) is 0 Å². The molecule has 0 amide bonds. The summed E-state index contributed by atoms with van der Waals surface area (Å²) in [5.41, 5.74) is 2.93. The fraction of sp³-hybridized carbons (Fsp3) is 0.0345. The van der Waals surface area contributed by atoms with E-state index in [0.717, 1.165) is 27.6 Å². The van der Waals surface area contributed by atoms with Crippen molar-refractivity contribution in [3.8, 4) is 0 Å². The molecule has 0 aliphatic carbocycles. The second-order valence-electron chi connectivity index (χ2n) is 7.76. The van der Waals surface area contributed by atoms with Crippen LogP contribution in [0.25, 0.3) is 23.1 Å². The molecule has 2 N–H and O–H groups in total. The summed E-state index contributed by atoms with van der Waals surface area (Å²) in [7, 11) is 0. The molecule has 0 atom stereocenters. The van der Waals surface area contributed by atoms with Gasteiger partial charge in [-0.2, -0.15) is 0 Å². The van der Waals surface area contributed by atoms with Crippen molar-refractivity contribution in [3.63, 3.8) is 0 Å². The van der Waals surface area contributed by atoms with Gasteiger partial charge in [0.05, 0.1) is 5.69 Å². The lowest BCUT2D eigenvalue weighted by Gasteiger charge is -2.29. The number of hydrogen-bond donors (Lipinski definition) is 2. The van der Waals surface area contributed by atoms with Gasteiger partial charge in [0.1, 0.15) is 5.82 Å². The Bertz CT molecular complexity index is 1350. The maximum Gasteiger partial charge on any atom is 0.155 e. The van der Waals surface area contributed by atoms with Gasteiger partial charge in [0.25, 0.3) is 0 Å². The van der Waals surface area contributed by atoms with Crippen LogP contribution in [0.5, 0.6) is 0 Å². The number of aromatic nitrogens is 1. The number of benzene rings is 4. The highest BCUT2D eigenvalue weighted by atomic mass is 19.1. The van der Waals surface area contributed by atoms with Crippen LogP contribution in [0.1, 0.15) is 27.9 Å². The zero-order valence-corrected chi connectivity index (χ0v) is 17.4. The molecule has 0 fully saturated rings. The average Bonchev–Trinajstić information content (AvgIpc) is 3.23. The molecule has 4 aromatic carbocycles. The van der Waals surface area contributed by atoms with Gasteiger partial charge in [-0.15, -0.1) is 0 Å². The Morgan fingerprint density at radius 1 is 0.656 bits per heavy atom. The number of aliphatic hydroxyl groups is 1. The van der Waals surface area contributed by atoms with E-state index in [1.807, 2.05) is 97.1 Å². The Balaban J connectivity index is 1.79. The van der Waals surface area contributed by atoms with Crippen LogP contribution in [0, 0.1) is 5.82 Å². The van der Waals surface area contributed by atoms with Gasteiger partial charge in [0, 0.05) is 22.0 Å². The van der Waals surface area contributed by atoms with Gasteiger partial charge in [-0.1, -0.05) is 109 Å². The molecule has 0 saturated carbocycles. The van der Waals surface area contributed by atoms with Gasteiger partial charge in [-0.05, 0) is 23.3 Å². The van der Waals surface area contributed by atoms with E-state index in [0.29, 0.717) is 11.3 Å². The molecule has 2 nitrogen and oxygen atoms in total. The van der Waals surface area contributed by atoms with Gasteiger partial charge in [-0.3, -0.25) is 0 Å². The molecule has 3 heteroatoms. The zero-order valence-electron chi connectivity index (χ0n) is 17.4. The number of H-pyrrole nitrogens is 1. The van der Waals surface area contributed by atoms with E-state index in [1.165, 1.54) is 6.07 Å². The molecule has 5 rings (SSSR count). The minimum Gasteiger partial charge on any atom is -0.375 e. The number of para-hydroxylation sites is 1. The summed E-state index contributed by atoms with van der Waals surface area (Å²) in [4.78, 5) is 3.46. The molecule has 0 aliphatic heterocycles. The number of nitrogens with one attached hydrogen (secondary N) is 1. The third kappa shape index (κ3) is 3.43. The van der Waals surface area contributed by atoms with Crippen LogP contribution in [-0.2, 0) is 5.60 Å². The van der Waals surface area contributed by atoms with E-state index in [2.05, 4.69) is 4.98 Å². The van der Waals surface area contributed by atoms with Crippen molar-refractivity contribution in [1.82, 2.24) is 4.98 Å². The molecule has 32 heavy (non-hydrogen) atoms. The number of fused-ring (bicyclic) bond motifs is 1. The van der Waals surface area contributed by atoms with Crippen molar-refractivity contribution in [2.75, 3.05) is 0 Å². The van der Waals surface area contributed by atoms with E-state index in [9.17, 15) is 9.50 Å². The average molecular weight is 419 g/mol. The van der Waals surface area contributed by atoms with Crippen LogP contribution in [0.2, 0.25) is 0 Å². The first-order chi connectivity index (χ1) is 15.7. The monoisotopic (exact) mass is 419 g/mol. The van der Waals surface area contributed by atoms with E-state index in [1.54, 1.807) is 18.2 Å². The molecule has 1 aromatic heterocycles. The first-order valence-electron chi connectivity index (χ1n) is 10.5. The molecule has 0 unspecified atom stereocenters. The van der Waals surface area contributed by atoms with Gasteiger partial charge in [0.2, 0.25) is 0 Å². The highest BCUT2D eigenvalue weighted by Gasteiger charge is 2.37. The van der Waals surface area contributed by atoms with Crippen molar-refractivity contribution < 1.29 is 9.50 Å². The first-order valence-corrected chi connectivity index (χ1v) is 10.5. The Hall–Kier alpha value is -3.95. The number of aromatic amines is 1. The normalized spacial score (nSPS) is 11.9. The second-order valence-corrected chi connectivity index (χ2v) is 7.76. The summed E-state index contributed by atoms with van der Waals surface area (Å²) in [6.45, 7) is 0. The summed E-state index contributed by atoms with van der Waals surface area (Å²) in [5.74, 6) is -0.286. The minimum atomic E-state index is -1.42. The number of rotatable bonds is 5. The molecule has 0 spiro atoms. The summed E-state index contributed by atoms with van der Waals surface area (Å²) in [6.07, 6.45) is 3.63. The summed E-state index contributed by atoms with van der Waals surface area (Å²) in [6, 6.07) is 33.8. The Morgan fingerprint density at radius 3 is 1.88 bits per heavy atom. The van der Waals surface area contributed by atoms with E-state index in [-0.39, 0.29) is 5.82 Å². The van der Waals surface area contributed by atoms with Crippen LogP contribution in [0.15, 0.2) is 109 Å².